The molecule has 1 aromatic rings. The molecule has 5 nitrogen and oxygen atoms in total. The molecular weight excluding hydrogens is 206 g/mol. The van der Waals surface area contributed by atoms with Gasteiger partial charge >= 0.3 is 0 Å². The van der Waals surface area contributed by atoms with Crippen LogP contribution in [0.4, 0.5) is 0 Å². The minimum atomic E-state index is -0.0548. The van der Waals surface area contributed by atoms with E-state index < -0.39 is 0 Å². The van der Waals surface area contributed by atoms with E-state index in [0.29, 0.717) is 18.2 Å². The second-order valence-electron chi connectivity index (χ2n) is 3.58. The third-order valence-corrected chi connectivity index (χ3v) is 2.27. The summed E-state index contributed by atoms with van der Waals surface area (Å²) in [4.78, 5) is 15.9. The molecule has 0 atom stereocenters. The van der Waals surface area contributed by atoms with Crippen molar-refractivity contribution in [1.29, 1.82) is 0 Å². The molecule has 0 aliphatic heterocycles. The average molecular weight is 225 g/mol. The van der Waals surface area contributed by atoms with E-state index >= 15 is 0 Å². The number of rotatable bonds is 6. The number of methoxy groups -OCH3 is 1. The molecule has 0 aromatic carbocycles. The molecule has 0 radical (unpaired) electrons. The van der Waals surface area contributed by atoms with Gasteiger partial charge in [0.05, 0.1) is 7.11 Å². The van der Waals surface area contributed by atoms with Gasteiger partial charge in [-0.25, -0.2) is 4.98 Å². The third kappa shape index (κ3) is 3.34. The Morgan fingerprint density at radius 2 is 2.31 bits per heavy atom. The van der Waals surface area contributed by atoms with E-state index in [-0.39, 0.29) is 5.56 Å². The van der Waals surface area contributed by atoms with Crippen LogP contribution in [0.5, 0.6) is 6.01 Å². The fourth-order valence-electron chi connectivity index (χ4n) is 1.49. The van der Waals surface area contributed by atoms with E-state index in [4.69, 9.17) is 4.74 Å². The van der Waals surface area contributed by atoms with Crippen LogP contribution in [-0.2, 0) is 6.54 Å². The summed E-state index contributed by atoms with van der Waals surface area (Å²) in [7, 11) is 1.53. The highest BCUT2D eigenvalue weighted by atomic mass is 16.5. The van der Waals surface area contributed by atoms with Crippen LogP contribution in [0.3, 0.4) is 0 Å². The average Bonchev–Trinajstić information content (AvgIpc) is 2.26. The second-order valence-corrected chi connectivity index (χ2v) is 3.58. The summed E-state index contributed by atoms with van der Waals surface area (Å²) in [6, 6.07) is 1.91. The zero-order valence-electron chi connectivity index (χ0n) is 10.1. The topological polar surface area (TPSA) is 56.1 Å². The van der Waals surface area contributed by atoms with E-state index in [2.05, 4.69) is 17.2 Å². The predicted octanol–water partition coefficient (Wildman–Crippen LogP) is 0.560. The standard InChI is InChI=1S/C11H19N3O2/c1-4-12-6-5-7-14-10(15)8-9(2)13-11(14)16-3/h8,12H,4-7H2,1-3H3. The van der Waals surface area contributed by atoms with Crippen molar-refractivity contribution in [3.05, 3.63) is 22.1 Å². The molecule has 0 spiro atoms. The van der Waals surface area contributed by atoms with E-state index in [9.17, 15) is 4.79 Å². The maximum Gasteiger partial charge on any atom is 0.299 e. The molecule has 90 valence electrons. The molecule has 5 heteroatoms. The van der Waals surface area contributed by atoms with Gasteiger partial charge in [-0.2, -0.15) is 0 Å². The SMILES string of the molecule is CCNCCCn1c(OC)nc(C)cc1=O. The molecule has 16 heavy (non-hydrogen) atoms. The summed E-state index contributed by atoms with van der Waals surface area (Å²) < 4.78 is 6.66. The van der Waals surface area contributed by atoms with E-state index in [1.165, 1.54) is 13.2 Å². The number of hydrogen-bond acceptors (Lipinski definition) is 4. The summed E-state index contributed by atoms with van der Waals surface area (Å²) in [5.41, 5.74) is 0.630. The highest BCUT2D eigenvalue weighted by Gasteiger charge is 2.06. The lowest BCUT2D eigenvalue weighted by molar-refractivity contribution is 0.341. The molecule has 1 rings (SSSR count). The monoisotopic (exact) mass is 225 g/mol. The van der Waals surface area contributed by atoms with Gasteiger partial charge in [-0.15, -0.1) is 0 Å². The number of aromatic nitrogens is 2. The number of aryl methyl sites for hydroxylation is 1. The Hall–Kier alpha value is -1.36. The highest BCUT2D eigenvalue weighted by Crippen LogP contribution is 2.04. The lowest BCUT2D eigenvalue weighted by Crippen LogP contribution is -2.25. The van der Waals surface area contributed by atoms with Crippen molar-refractivity contribution in [1.82, 2.24) is 14.9 Å². The van der Waals surface area contributed by atoms with Gasteiger partial charge in [0.1, 0.15) is 0 Å². The lowest BCUT2D eigenvalue weighted by Gasteiger charge is -2.10. The van der Waals surface area contributed by atoms with Crippen molar-refractivity contribution in [3.8, 4) is 6.01 Å². The Morgan fingerprint density at radius 3 is 2.94 bits per heavy atom. The number of nitrogens with zero attached hydrogens (tertiary/aromatic N) is 2. The smallest absolute Gasteiger partial charge is 0.299 e. The molecule has 0 aliphatic carbocycles. The lowest BCUT2D eigenvalue weighted by atomic mass is 10.4. The van der Waals surface area contributed by atoms with E-state index in [0.717, 1.165) is 19.5 Å². The largest absolute Gasteiger partial charge is 0.468 e. The molecule has 1 aromatic heterocycles. The summed E-state index contributed by atoms with van der Waals surface area (Å²) in [5, 5.41) is 3.21. The maximum absolute atomic E-state index is 11.7. The molecular formula is C11H19N3O2. The van der Waals surface area contributed by atoms with Gasteiger partial charge in [-0.3, -0.25) is 9.36 Å². The zero-order chi connectivity index (χ0) is 12.0. The van der Waals surface area contributed by atoms with Crippen LogP contribution in [0, 0.1) is 6.92 Å². The first-order valence-electron chi connectivity index (χ1n) is 5.52. The van der Waals surface area contributed by atoms with Gasteiger partial charge < -0.3 is 10.1 Å². The normalized spacial score (nSPS) is 10.4. The summed E-state index contributed by atoms with van der Waals surface area (Å²) in [6.45, 7) is 6.30. The minimum absolute atomic E-state index is 0.0548. The van der Waals surface area contributed by atoms with Crippen LogP contribution < -0.4 is 15.6 Å². The molecule has 0 bridgehead atoms. The Labute approximate surface area is 95.5 Å². The molecule has 0 amide bonds. The van der Waals surface area contributed by atoms with Crippen molar-refractivity contribution in [2.75, 3.05) is 20.2 Å². The Bertz CT molecular complexity index is 387. The molecule has 0 saturated carbocycles. The highest BCUT2D eigenvalue weighted by molar-refractivity contribution is 5.06. The molecule has 1 heterocycles. The second kappa shape index (κ2) is 6.27. The van der Waals surface area contributed by atoms with Crippen LogP contribution in [0.1, 0.15) is 19.0 Å². The van der Waals surface area contributed by atoms with Gasteiger partial charge in [0.2, 0.25) is 0 Å². The predicted molar refractivity (Wildman–Crippen MR) is 62.9 cm³/mol. The van der Waals surface area contributed by atoms with Crippen LogP contribution >= 0.6 is 0 Å². The Balaban J connectivity index is 2.74. The molecule has 0 saturated heterocycles. The van der Waals surface area contributed by atoms with Crippen LogP contribution in [0.25, 0.3) is 0 Å². The number of nitrogens with one attached hydrogen (secondary N) is 1. The van der Waals surface area contributed by atoms with Crippen LogP contribution in [0.2, 0.25) is 0 Å². The molecule has 1 N–H and O–H groups in total. The Morgan fingerprint density at radius 1 is 1.56 bits per heavy atom. The molecule has 0 fully saturated rings. The summed E-state index contributed by atoms with van der Waals surface area (Å²) >= 11 is 0. The van der Waals surface area contributed by atoms with Crippen molar-refractivity contribution < 1.29 is 4.74 Å². The van der Waals surface area contributed by atoms with Crippen molar-refractivity contribution in [3.63, 3.8) is 0 Å². The first kappa shape index (κ1) is 12.7. The fourth-order valence-corrected chi connectivity index (χ4v) is 1.49. The van der Waals surface area contributed by atoms with Crippen molar-refractivity contribution in [2.24, 2.45) is 0 Å². The maximum atomic E-state index is 11.7. The summed E-state index contributed by atoms with van der Waals surface area (Å²) in [6.07, 6.45) is 0.884. The zero-order valence-corrected chi connectivity index (χ0v) is 10.1. The van der Waals surface area contributed by atoms with Crippen molar-refractivity contribution in [2.45, 2.75) is 26.8 Å². The first-order chi connectivity index (χ1) is 7.69. The van der Waals surface area contributed by atoms with Crippen molar-refractivity contribution >= 4 is 0 Å². The van der Waals surface area contributed by atoms with E-state index in [1.807, 2.05) is 0 Å². The summed E-state index contributed by atoms with van der Waals surface area (Å²) in [5.74, 6) is 0. The number of ether oxygens (including phenoxy) is 1. The number of hydrogen-bond donors (Lipinski definition) is 1. The first-order valence-corrected chi connectivity index (χ1v) is 5.52. The van der Waals surface area contributed by atoms with E-state index in [1.54, 1.807) is 11.5 Å². The van der Waals surface area contributed by atoms with Crippen LogP contribution in [0.15, 0.2) is 10.9 Å². The van der Waals surface area contributed by atoms with Gasteiger partial charge in [0.15, 0.2) is 0 Å². The quantitative estimate of drug-likeness (QED) is 0.719. The van der Waals surface area contributed by atoms with Gasteiger partial charge in [0, 0.05) is 18.3 Å². The van der Waals surface area contributed by atoms with Crippen LogP contribution in [-0.4, -0.2) is 29.8 Å². The Kier molecular flexibility index (Phi) is 4.98. The third-order valence-electron chi connectivity index (χ3n) is 2.27. The van der Waals surface area contributed by atoms with Gasteiger partial charge in [0.25, 0.3) is 11.6 Å². The minimum Gasteiger partial charge on any atom is -0.468 e. The fraction of sp³-hybridized carbons (Fsp3) is 0.636. The molecule has 0 aliphatic rings. The van der Waals surface area contributed by atoms with Gasteiger partial charge in [-0.05, 0) is 26.4 Å². The molecule has 0 unspecified atom stereocenters. The van der Waals surface area contributed by atoms with Gasteiger partial charge in [-0.1, -0.05) is 6.92 Å².